The van der Waals surface area contributed by atoms with Crippen LogP contribution >= 0.6 is 11.6 Å². The maximum Gasteiger partial charge on any atom is 0.254 e. The summed E-state index contributed by atoms with van der Waals surface area (Å²) >= 11 is 5.95. The van der Waals surface area contributed by atoms with E-state index in [4.69, 9.17) is 11.6 Å². The van der Waals surface area contributed by atoms with Crippen LogP contribution in [-0.4, -0.2) is 33.7 Å². The van der Waals surface area contributed by atoms with Crippen LogP contribution in [0.2, 0.25) is 5.02 Å². The van der Waals surface area contributed by atoms with E-state index >= 15 is 0 Å². The third-order valence-electron chi connectivity index (χ3n) is 3.42. The Balaban J connectivity index is 2.14. The predicted octanol–water partition coefficient (Wildman–Crippen LogP) is 2.74. The number of aromatic nitrogens is 4. The Bertz CT molecular complexity index is 777. The topological polar surface area (TPSA) is 46.3 Å². The molecule has 0 bridgehead atoms. The lowest BCUT2D eigenvalue weighted by Gasteiger charge is -2.19. The van der Waals surface area contributed by atoms with Gasteiger partial charge in [-0.3, -0.25) is 0 Å². The summed E-state index contributed by atoms with van der Waals surface area (Å²) in [6.07, 6.45) is 2.31. The van der Waals surface area contributed by atoms with Crippen LogP contribution in [0.5, 0.6) is 0 Å². The maximum absolute atomic E-state index is 5.95. The van der Waals surface area contributed by atoms with Gasteiger partial charge in [0, 0.05) is 36.8 Å². The van der Waals surface area contributed by atoms with Crippen molar-refractivity contribution in [2.45, 2.75) is 13.3 Å². The summed E-state index contributed by atoms with van der Waals surface area (Å²) in [6, 6.07) is 7.88. The molecule has 0 radical (unpaired) electrons. The molecule has 0 amide bonds. The van der Waals surface area contributed by atoms with Crippen molar-refractivity contribution in [3.05, 3.63) is 52.4 Å². The minimum Gasteiger partial charge on any atom is -0.362 e. The van der Waals surface area contributed by atoms with Gasteiger partial charge in [0.25, 0.3) is 5.78 Å². The Hall–Kier alpha value is -2.14. The van der Waals surface area contributed by atoms with Crippen molar-refractivity contribution in [1.29, 1.82) is 0 Å². The lowest BCUT2D eigenvalue weighted by molar-refractivity contribution is 0.863. The first kappa shape index (κ1) is 13.8. The molecular formula is C15H16ClN5. The van der Waals surface area contributed by atoms with E-state index in [-0.39, 0.29) is 0 Å². The summed E-state index contributed by atoms with van der Waals surface area (Å²) in [4.78, 5) is 10.8. The summed E-state index contributed by atoms with van der Waals surface area (Å²) in [6.45, 7) is 2.01. The molecule has 2 aromatic heterocycles. The van der Waals surface area contributed by atoms with Crippen molar-refractivity contribution in [3.8, 4) is 0 Å². The van der Waals surface area contributed by atoms with Gasteiger partial charge < -0.3 is 4.90 Å². The highest BCUT2D eigenvalue weighted by Gasteiger charge is 2.16. The van der Waals surface area contributed by atoms with Crippen LogP contribution in [0.25, 0.3) is 5.78 Å². The Morgan fingerprint density at radius 1 is 1.19 bits per heavy atom. The van der Waals surface area contributed by atoms with E-state index in [0.29, 0.717) is 5.78 Å². The zero-order valence-corrected chi connectivity index (χ0v) is 13.0. The molecular weight excluding hydrogens is 286 g/mol. The summed E-state index contributed by atoms with van der Waals surface area (Å²) in [5.41, 5.74) is 3.29. The van der Waals surface area contributed by atoms with Crippen LogP contribution in [0.1, 0.15) is 16.8 Å². The average molecular weight is 302 g/mol. The predicted molar refractivity (Wildman–Crippen MR) is 84.1 cm³/mol. The zero-order chi connectivity index (χ0) is 15.0. The third kappa shape index (κ3) is 2.56. The molecule has 3 rings (SSSR count). The van der Waals surface area contributed by atoms with E-state index in [1.54, 1.807) is 4.52 Å². The molecule has 6 heteroatoms. The fraction of sp³-hybridized carbons (Fsp3) is 0.267. The first-order valence-corrected chi connectivity index (χ1v) is 7.05. The molecule has 0 saturated carbocycles. The van der Waals surface area contributed by atoms with Gasteiger partial charge in [0.15, 0.2) is 0 Å². The smallest absolute Gasteiger partial charge is 0.254 e. The molecule has 0 saturated heterocycles. The second kappa shape index (κ2) is 5.33. The van der Waals surface area contributed by atoms with Crippen LogP contribution < -0.4 is 4.90 Å². The fourth-order valence-electron chi connectivity index (χ4n) is 2.44. The molecule has 2 heterocycles. The first-order chi connectivity index (χ1) is 10.1. The number of halogens is 1. The zero-order valence-electron chi connectivity index (χ0n) is 12.2. The normalized spacial score (nSPS) is 11.0. The average Bonchev–Trinajstić information content (AvgIpc) is 2.88. The first-order valence-electron chi connectivity index (χ1n) is 6.67. The maximum atomic E-state index is 5.95. The van der Waals surface area contributed by atoms with Gasteiger partial charge in [0.05, 0.1) is 0 Å². The van der Waals surface area contributed by atoms with Crippen molar-refractivity contribution in [1.82, 2.24) is 19.6 Å². The molecule has 0 N–H and O–H groups in total. The van der Waals surface area contributed by atoms with Crippen molar-refractivity contribution < 1.29 is 0 Å². The van der Waals surface area contributed by atoms with Gasteiger partial charge in [-0.15, -0.1) is 0 Å². The van der Waals surface area contributed by atoms with Gasteiger partial charge in [-0.05, 0) is 24.6 Å². The lowest BCUT2D eigenvalue weighted by atomic mass is 10.0. The standard InChI is InChI=1S/C15H16ClN5/c1-10-13(8-11-4-6-12(16)7-5-11)14(20(2)3)21-15(19-10)17-9-18-21/h4-7,9H,8H2,1-3H3. The number of fused-ring (bicyclic) bond motifs is 1. The quantitative estimate of drug-likeness (QED) is 0.746. The highest BCUT2D eigenvalue weighted by molar-refractivity contribution is 6.30. The van der Waals surface area contributed by atoms with Gasteiger partial charge in [-0.1, -0.05) is 23.7 Å². The number of aryl methyl sites for hydroxylation is 1. The SMILES string of the molecule is Cc1nc2ncnn2c(N(C)C)c1Cc1ccc(Cl)cc1. The van der Waals surface area contributed by atoms with Crippen molar-refractivity contribution in [2.24, 2.45) is 0 Å². The molecule has 0 atom stereocenters. The summed E-state index contributed by atoms with van der Waals surface area (Å²) < 4.78 is 1.78. The monoisotopic (exact) mass is 301 g/mol. The molecule has 21 heavy (non-hydrogen) atoms. The van der Waals surface area contributed by atoms with E-state index in [2.05, 4.69) is 15.1 Å². The number of anilines is 1. The van der Waals surface area contributed by atoms with Gasteiger partial charge >= 0.3 is 0 Å². The second-order valence-electron chi connectivity index (χ2n) is 5.17. The highest BCUT2D eigenvalue weighted by atomic mass is 35.5. The van der Waals surface area contributed by atoms with E-state index < -0.39 is 0 Å². The summed E-state index contributed by atoms with van der Waals surface area (Å²) in [7, 11) is 4.00. The third-order valence-corrected chi connectivity index (χ3v) is 3.67. The van der Waals surface area contributed by atoms with Gasteiger partial charge in [-0.25, -0.2) is 4.98 Å². The van der Waals surface area contributed by atoms with E-state index in [1.807, 2.05) is 50.2 Å². The molecule has 0 fully saturated rings. The molecule has 0 aliphatic carbocycles. The number of hydrogen-bond donors (Lipinski definition) is 0. The van der Waals surface area contributed by atoms with Crippen LogP contribution in [0.15, 0.2) is 30.6 Å². The second-order valence-corrected chi connectivity index (χ2v) is 5.61. The minimum atomic E-state index is 0.621. The van der Waals surface area contributed by atoms with Crippen molar-refractivity contribution in [2.75, 3.05) is 19.0 Å². The molecule has 0 aliphatic heterocycles. The van der Waals surface area contributed by atoms with E-state index in [9.17, 15) is 0 Å². The van der Waals surface area contributed by atoms with Gasteiger partial charge in [-0.2, -0.15) is 14.6 Å². The van der Waals surface area contributed by atoms with Gasteiger partial charge in [0.2, 0.25) is 0 Å². The fourth-order valence-corrected chi connectivity index (χ4v) is 2.57. The van der Waals surface area contributed by atoms with Crippen LogP contribution in [0.4, 0.5) is 5.82 Å². The molecule has 0 spiro atoms. The number of rotatable bonds is 3. The van der Waals surface area contributed by atoms with Gasteiger partial charge in [0.1, 0.15) is 12.1 Å². The number of nitrogens with zero attached hydrogens (tertiary/aromatic N) is 5. The Morgan fingerprint density at radius 3 is 2.57 bits per heavy atom. The highest BCUT2D eigenvalue weighted by Crippen LogP contribution is 2.25. The van der Waals surface area contributed by atoms with Crippen LogP contribution in [0, 0.1) is 6.92 Å². The number of hydrogen-bond acceptors (Lipinski definition) is 4. The van der Waals surface area contributed by atoms with Crippen molar-refractivity contribution in [3.63, 3.8) is 0 Å². The largest absolute Gasteiger partial charge is 0.362 e. The Morgan fingerprint density at radius 2 is 1.90 bits per heavy atom. The number of benzene rings is 1. The Kier molecular flexibility index (Phi) is 3.51. The Labute approximate surface area is 128 Å². The molecule has 5 nitrogen and oxygen atoms in total. The van der Waals surface area contributed by atoms with Crippen LogP contribution in [-0.2, 0) is 6.42 Å². The summed E-state index contributed by atoms with van der Waals surface area (Å²) in [5.74, 6) is 1.63. The van der Waals surface area contributed by atoms with E-state index in [0.717, 1.165) is 28.5 Å². The molecule has 108 valence electrons. The summed E-state index contributed by atoms with van der Waals surface area (Å²) in [5, 5.41) is 5.02. The minimum absolute atomic E-state index is 0.621. The molecule has 1 aromatic carbocycles. The lowest BCUT2D eigenvalue weighted by Crippen LogP contribution is -2.18. The van der Waals surface area contributed by atoms with Crippen LogP contribution in [0.3, 0.4) is 0 Å². The van der Waals surface area contributed by atoms with Crippen molar-refractivity contribution >= 4 is 23.2 Å². The molecule has 0 aliphatic rings. The molecule has 3 aromatic rings. The van der Waals surface area contributed by atoms with E-state index in [1.165, 1.54) is 11.9 Å². The molecule has 0 unspecified atom stereocenters.